The molecule has 0 heterocycles. The van der Waals surface area contributed by atoms with Gasteiger partial charge in [-0.25, -0.2) is 0 Å². The molecule has 0 aliphatic rings. The first-order valence-electron chi connectivity index (χ1n) is 6.03. The van der Waals surface area contributed by atoms with E-state index < -0.39 is 17.7 Å². The summed E-state index contributed by atoms with van der Waals surface area (Å²) < 4.78 is 64.5. The molecule has 2 rings (SSSR count). The van der Waals surface area contributed by atoms with Crippen LogP contribution in [0.25, 0.3) is 0 Å². The van der Waals surface area contributed by atoms with E-state index in [0.29, 0.717) is 5.75 Å². The molecule has 0 bridgehead atoms. The van der Waals surface area contributed by atoms with Crippen LogP contribution in [0.4, 0.5) is 22.0 Å². The van der Waals surface area contributed by atoms with Crippen LogP contribution in [0, 0.1) is 0 Å². The highest BCUT2D eigenvalue weighted by Crippen LogP contribution is 2.47. The number of alkyl halides is 5. The lowest BCUT2D eigenvalue weighted by Crippen LogP contribution is -2.34. The van der Waals surface area contributed by atoms with E-state index >= 15 is 0 Å². The van der Waals surface area contributed by atoms with Crippen LogP contribution in [0.15, 0.2) is 59.5 Å². The molecule has 0 unspecified atom stereocenters. The summed E-state index contributed by atoms with van der Waals surface area (Å²) in [7, 11) is 0. The molecule has 6 heteroatoms. The quantitative estimate of drug-likeness (QED) is 0.520. The van der Waals surface area contributed by atoms with Gasteiger partial charge >= 0.3 is 12.1 Å². The highest BCUT2D eigenvalue weighted by atomic mass is 32.2. The summed E-state index contributed by atoms with van der Waals surface area (Å²) in [6.07, 6.45) is -5.60. The Morgan fingerprint density at radius 1 is 0.762 bits per heavy atom. The van der Waals surface area contributed by atoms with E-state index in [0.717, 1.165) is 23.4 Å². The highest BCUT2D eigenvalue weighted by Gasteiger charge is 2.59. The molecule has 21 heavy (non-hydrogen) atoms. The Bertz CT molecular complexity index is 593. The van der Waals surface area contributed by atoms with Gasteiger partial charge in [0.1, 0.15) is 0 Å². The van der Waals surface area contributed by atoms with Crippen molar-refractivity contribution in [2.24, 2.45) is 0 Å². The van der Waals surface area contributed by atoms with Crippen molar-refractivity contribution in [3.8, 4) is 0 Å². The molecule has 0 aliphatic carbocycles. The topological polar surface area (TPSA) is 0 Å². The van der Waals surface area contributed by atoms with E-state index in [-0.39, 0.29) is 4.90 Å². The zero-order valence-corrected chi connectivity index (χ0v) is 11.5. The molecule has 0 fully saturated rings. The number of halogens is 5. The SMILES string of the molecule is FC(F)(F)C(F)(F)c1ccccc1SCc1ccccc1. The maximum Gasteiger partial charge on any atom is 0.458 e. The van der Waals surface area contributed by atoms with Crippen molar-refractivity contribution in [2.75, 3.05) is 0 Å². The van der Waals surface area contributed by atoms with Gasteiger partial charge in [0, 0.05) is 16.2 Å². The minimum absolute atomic E-state index is 0.0660. The summed E-state index contributed by atoms with van der Waals surface area (Å²) in [6.45, 7) is 0. The Labute approximate surface area is 123 Å². The molecular weight excluding hydrogens is 307 g/mol. The average molecular weight is 318 g/mol. The molecule has 2 aromatic carbocycles. The van der Waals surface area contributed by atoms with Gasteiger partial charge in [-0.3, -0.25) is 0 Å². The minimum atomic E-state index is -5.60. The molecule has 0 spiro atoms. The van der Waals surface area contributed by atoms with E-state index in [1.54, 1.807) is 30.3 Å². The van der Waals surface area contributed by atoms with Gasteiger partial charge in [-0.15, -0.1) is 11.8 Å². The molecule has 0 atom stereocenters. The number of rotatable bonds is 4. The van der Waals surface area contributed by atoms with Crippen molar-refractivity contribution < 1.29 is 22.0 Å². The van der Waals surface area contributed by atoms with Crippen molar-refractivity contribution >= 4 is 11.8 Å². The summed E-state index contributed by atoms with van der Waals surface area (Å²) in [5.74, 6) is -4.53. The van der Waals surface area contributed by atoms with E-state index in [2.05, 4.69) is 0 Å². The molecular formula is C15H11F5S. The second kappa shape index (κ2) is 6.05. The Morgan fingerprint density at radius 2 is 1.33 bits per heavy atom. The van der Waals surface area contributed by atoms with Gasteiger partial charge < -0.3 is 0 Å². The van der Waals surface area contributed by atoms with E-state index in [4.69, 9.17) is 0 Å². The third-order valence-corrected chi connectivity index (χ3v) is 3.96. The van der Waals surface area contributed by atoms with E-state index in [1.807, 2.05) is 0 Å². The minimum Gasteiger partial charge on any atom is -0.191 e. The summed E-state index contributed by atoms with van der Waals surface area (Å²) in [5.41, 5.74) is -0.147. The number of thioether (sulfide) groups is 1. The lowest BCUT2D eigenvalue weighted by molar-refractivity contribution is -0.290. The molecule has 112 valence electrons. The van der Waals surface area contributed by atoms with Gasteiger partial charge in [0.2, 0.25) is 0 Å². The Balaban J connectivity index is 2.26. The molecule has 0 aliphatic heterocycles. The number of benzene rings is 2. The summed E-state index contributed by atoms with van der Waals surface area (Å²) >= 11 is 0.963. The Morgan fingerprint density at radius 3 is 1.95 bits per heavy atom. The first-order chi connectivity index (χ1) is 9.82. The zero-order valence-electron chi connectivity index (χ0n) is 10.7. The predicted octanol–water partition coefficient (Wildman–Crippen LogP) is 5.63. The van der Waals surface area contributed by atoms with Crippen molar-refractivity contribution in [2.45, 2.75) is 22.7 Å². The first-order valence-corrected chi connectivity index (χ1v) is 7.01. The zero-order chi connectivity index (χ0) is 15.5. The average Bonchev–Trinajstić information content (AvgIpc) is 2.45. The van der Waals surface area contributed by atoms with Crippen molar-refractivity contribution in [3.63, 3.8) is 0 Å². The predicted molar refractivity (Wildman–Crippen MR) is 72.4 cm³/mol. The van der Waals surface area contributed by atoms with Gasteiger partial charge in [-0.2, -0.15) is 22.0 Å². The largest absolute Gasteiger partial charge is 0.458 e. The molecule has 0 radical (unpaired) electrons. The normalized spacial score (nSPS) is 12.4. The van der Waals surface area contributed by atoms with Crippen LogP contribution in [0.2, 0.25) is 0 Å². The first kappa shape index (κ1) is 15.8. The van der Waals surface area contributed by atoms with Gasteiger partial charge in [0.05, 0.1) is 0 Å². The van der Waals surface area contributed by atoms with Crippen molar-refractivity contribution in [3.05, 3.63) is 65.7 Å². The third-order valence-electron chi connectivity index (χ3n) is 2.82. The van der Waals surface area contributed by atoms with Gasteiger partial charge in [0.25, 0.3) is 0 Å². The molecule has 0 amide bonds. The Hall–Kier alpha value is -1.56. The second-order valence-electron chi connectivity index (χ2n) is 4.34. The third kappa shape index (κ3) is 3.56. The van der Waals surface area contributed by atoms with Gasteiger partial charge in [-0.05, 0) is 11.6 Å². The second-order valence-corrected chi connectivity index (χ2v) is 5.36. The monoisotopic (exact) mass is 318 g/mol. The molecule has 2 aromatic rings. The summed E-state index contributed by atoms with van der Waals surface area (Å²) in [6, 6.07) is 13.7. The fraction of sp³-hybridized carbons (Fsp3) is 0.200. The van der Waals surface area contributed by atoms with E-state index in [1.165, 1.54) is 18.2 Å². The smallest absolute Gasteiger partial charge is 0.191 e. The fourth-order valence-corrected chi connectivity index (χ4v) is 2.78. The van der Waals surface area contributed by atoms with Crippen molar-refractivity contribution in [1.29, 1.82) is 0 Å². The van der Waals surface area contributed by atoms with Crippen LogP contribution in [0.1, 0.15) is 11.1 Å². The lowest BCUT2D eigenvalue weighted by Gasteiger charge is -2.22. The maximum absolute atomic E-state index is 13.5. The molecule has 0 nitrogen and oxygen atoms in total. The van der Waals surface area contributed by atoms with Crippen LogP contribution >= 0.6 is 11.8 Å². The maximum atomic E-state index is 13.5. The molecule has 0 N–H and O–H groups in total. The van der Waals surface area contributed by atoms with Gasteiger partial charge in [-0.1, -0.05) is 48.5 Å². The number of hydrogen-bond acceptors (Lipinski definition) is 1. The lowest BCUT2D eigenvalue weighted by atomic mass is 10.1. The molecule has 0 saturated heterocycles. The molecule has 0 aromatic heterocycles. The fourth-order valence-electron chi connectivity index (χ4n) is 1.74. The molecule has 0 saturated carbocycles. The number of hydrogen-bond donors (Lipinski definition) is 0. The highest BCUT2D eigenvalue weighted by molar-refractivity contribution is 7.98. The van der Waals surface area contributed by atoms with Crippen LogP contribution in [-0.2, 0) is 11.7 Å². The standard InChI is InChI=1S/C15H11F5S/c16-14(17,15(18,19)20)12-8-4-5-9-13(12)21-10-11-6-2-1-3-7-11/h1-9H,10H2. The van der Waals surface area contributed by atoms with Gasteiger partial charge in [0.15, 0.2) is 0 Å². The van der Waals surface area contributed by atoms with Crippen LogP contribution in [0.5, 0.6) is 0 Å². The van der Waals surface area contributed by atoms with Crippen molar-refractivity contribution in [1.82, 2.24) is 0 Å². The van der Waals surface area contributed by atoms with Crippen LogP contribution < -0.4 is 0 Å². The van der Waals surface area contributed by atoms with Crippen LogP contribution in [-0.4, -0.2) is 6.18 Å². The summed E-state index contributed by atoms with van der Waals surface area (Å²) in [5, 5.41) is 0. The van der Waals surface area contributed by atoms with E-state index in [9.17, 15) is 22.0 Å². The summed E-state index contributed by atoms with van der Waals surface area (Å²) in [4.78, 5) is -0.0660. The Kier molecular flexibility index (Phi) is 4.56. The van der Waals surface area contributed by atoms with Crippen LogP contribution in [0.3, 0.4) is 0 Å².